The van der Waals surface area contributed by atoms with Crippen molar-refractivity contribution in [1.29, 1.82) is 0 Å². The zero-order chi connectivity index (χ0) is 30.7. The van der Waals surface area contributed by atoms with E-state index < -0.39 is 12.0 Å². The largest absolute Gasteiger partial charge is 0.490 e. The lowest BCUT2D eigenvalue weighted by Gasteiger charge is -2.25. The molecular formula is C32H27BrCl2N2O5S. The molecule has 0 unspecified atom stereocenters. The van der Waals surface area contributed by atoms with Gasteiger partial charge in [-0.05, 0) is 89.8 Å². The zero-order valence-electron chi connectivity index (χ0n) is 23.5. The van der Waals surface area contributed by atoms with Crippen LogP contribution in [0.3, 0.4) is 0 Å². The lowest BCUT2D eigenvalue weighted by atomic mass is 9.96. The molecular weight excluding hydrogens is 675 g/mol. The summed E-state index contributed by atoms with van der Waals surface area (Å²) in [7, 11) is 0. The van der Waals surface area contributed by atoms with Gasteiger partial charge in [0.1, 0.15) is 12.6 Å². The van der Waals surface area contributed by atoms with Crippen molar-refractivity contribution in [2.45, 2.75) is 33.4 Å². The van der Waals surface area contributed by atoms with Crippen molar-refractivity contribution in [2.75, 3.05) is 13.2 Å². The van der Waals surface area contributed by atoms with E-state index in [1.54, 1.807) is 44.2 Å². The molecule has 2 heterocycles. The van der Waals surface area contributed by atoms with Gasteiger partial charge in [-0.15, -0.1) is 0 Å². The molecule has 5 rings (SSSR count). The smallest absolute Gasteiger partial charge is 0.338 e. The monoisotopic (exact) mass is 700 g/mol. The summed E-state index contributed by atoms with van der Waals surface area (Å²) in [5, 5.41) is 1.06. The van der Waals surface area contributed by atoms with Gasteiger partial charge in [0.25, 0.3) is 5.56 Å². The molecule has 0 saturated heterocycles. The maximum atomic E-state index is 14.0. The number of ether oxygens (including phenoxy) is 3. The molecule has 11 heteroatoms. The maximum Gasteiger partial charge on any atom is 0.338 e. The van der Waals surface area contributed by atoms with Crippen molar-refractivity contribution >= 4 is 62.5 Å². The SMILES string of the molecule is CCOC(=O)C1=C(C)N=c2s/c(=C\c3cc(Br)c(OCc4cccc(Cl)c4)c(OCC)c3)c(=O)n2[C@@H]1c1ccccc1Cl. The second-order valence-electron chi connectivity index (χ2n) is 9.51. The number of fused-ring (bicyclic) bond motifs is 1. The number of esters is 1. The van der Waals surface area contributed by atoms with Crippen LogP contribution in [-0.4, -0.2) is 23.8 Å². The molecule has 222 valence electrons. The molecule has 0 fully saturated rings. The number of benzene rings is 3. The van der Waals surface area contributed by atoms with E-state index in [0.717, 1.165) is 5.56 Å². The molecule has 43 heavy (non-hydrogen) atoms. The molecule has 1 atom stereocenters. The first-order valence-electron chi connectivity index (χ1n) is 13.5. The highest BCUT2D eigenvalue weighted by Crippen LogP contribution is 2.38. The van der Waals surface area contributed by atoms with E-state index in [0.29, 0.717) is 65.4 Å². The van der Waals surface area contributed by atoms with Crippen molar-refractivity contribution < 1.29 is 19.0 Å². The Morgan fingerprint density at radius 2 is 1.86 bits per heavy atom. The Balaban J connectivity index is 1.59. The third kappa shape index (κ3) is 6.60. The van der Waals surface area contributed by atoms with Crippen LogP contribution in [0.25, 0.3) is 6.08 Å². The summed E-state index contributed by atoms with van der Waals surface area (Å²) in [6.45, 7) is 6.25. The Morgan fingerprint density at radius 1 is 1.07 bits per heavy atom. The number of carbonyl (C=O) groups excluding carboxylic acids is 1. The van der Waals surface area contributed by atoms with Crippen LogP contribution in [0.5, 0.6) is 11.5 Å². The lowest BCUT2D eigenvalue weighted by molar-refractivity contribution is -0.139. The molecule has 1 aliphatic rings. The van der Waals surface area contributed by atoms with Crippen molar-refractivity contribution in [3.8, 4) is 11.5 Å². The molecule has 3 aromatic carbocycles. The fourth-order valence-corrected chi connectivity index (χ4v) is 6.86. The summed E-state index contributed by atoms with van der Waals surface area (Å²) >= 11 is 17.6. The number of allylic oxidation sites excluding steroid dienone is 1. The molecule has 0 bridgehead atoms. The number of hydrogen-bond donors (Lipinski definition) is 0. The second kappa shape index (κ2) is 13.5. The van der Waals surface area contributed by atoms with Crippen LogP contribution in [0.4, 0.5) is 0 Å². The average molecular weight is 702 g/mol. The van der Waals surface area contributed by atoms with E-state index in [9.17, 15) is 9.59 Å². The quantitative estimate of drug-likeness (QED) is 0.179. The Kier molecular flexibility index (Phi) is 9.76. The molecule has 1 aromatic heterocycles. The van der Waals surface area contributed by atoms with Gasteiger partial charge in [-0.2, -0.15) is 0 Å². The molecule has 1 aliphatic heterocycles. The zero-order valence-corrected chi connectivity index (χ0v) is 27.4. The summed E-state index contributed by atoms with van der Waals surface area (Å²) in [5.41, 5.74) is 2.68. The van der Waals surface area contributed by atoms with Gasteiger partial charge < -0.3 is 14.2 Å². The standard InChI is InChI=1S/C32H27BrCl2N2O5S/c1-4-40-25-15-20(14-23(33)29(25)42-17-19-9-8-10-21(34)13-19)16-26-30(38)37-28(22-11-6-7-12-24(22)35)27(31(39)41-5-2)18(3)36-32(37)43-26/h6-16,28H,4-5,17H2,1-3H3/b26-16-/t28-/m1/s1. The Hall–Kier alpha value is -3.37. The third-order valence-corrected chi connectivity index (χ3v) is 8.77. The van der Waals surface area contributed by atoms with Gasteiger partial charge in [0, 0.05) is 10.0 Å². The van der Waals surface area contributed by atoms with E-state index >= 15 is 0 Å². The van der Waals surface area contributed by atoms with Crippen LogP contribution < -0.4 is 24.4 Å². The third-order valence-electron chi connectivity index (χ3n) is 6.62. The number of aromatic nitrogens is 1. The van der Waals surface area contributed by atoms with E-state index in [4.69, 9.17) is 37.4 Å². The van der Waals surface area contributed by atoms with E-state index in [1.807, 2.05) is 43.3 Å². The first-order chi connectivity index (χ1) is 20.7. The highest BCUT2D eigenvalue weighted by Gasteiger charge is 2.34. The highest BCUT2D eigenvalue weighted by molar-refractivity contribution is 9.10. The molecule has 0 radical (unpaired) electrons. The van der Waals surface area contributed by atoms with Crippen LogP contribution >= 0.6 is 50.5 Å². The normalized spacial score (nSPS) is 14.7. The second-order valence-corrected chi connectivity index (χ2v) is 12.2. The summed E-state index contributed by atoms with van der Waals surface area (Å²) in [6.07, 6.45) is 1.77. The summed E-state index contributed by atoms with van der Waals surface area (Å²) in [4.78, 5) is 32.2. The maximum absolute atomic E-state index is 14.0. The van der Waals surface area contributed by atoms with Crippen molar-refractivity contribution in [1.82, 2.24) is 4.57 Å². The highest BCUT2D eigenvalue weighted by atomic mass is 79.9. The minimum Gasteiger partial charge on any atom is -0.490 e. The summed E-state index contributed by atoms with van der Waals surface area (Å²) in [5.74, 6) is 0.516. The molecule has 0 saturated carbocycles. The van der Waals surface area contributed by atoms with Crippen molar-refractivity contribution in [3.63, 3.8) is 0 Å². The number of thiazole rings is 1. The minimum atomic E-state index is -0.792. The van der Waals surface area contributed by atoms with E-state index in [1.165, 1.54) is 15.9 Å². The van der Waals surface area contributed by atoms with Gasteiger partial charge >= 0.3 is 5.97 Å². The fraction of sp³-hybridized carbons (Fsp3) is 0.219. The van der Waals surface area contributed by atoms with Gasteiger partial charge in [0.05, 0.1) is 33.5 Å². The van der Waals surface area contributed by atoms with E-state index in [2.05, 4.69) is 20.9 Å². The fourth-order valence-electron chi connectivity index (χ4n) is 4.79. The molecule has 0 N–H and O–H groups in total. The Bertz CT molecular complexity index is 1920. The number of carbonyl (C=O) groups is 1. The van der Waals surface area contributed by atoms with Crippen molar-refractivity contribution in [2.24, 2.45) is 4.99 Å². The summed E-state index contributed by atoms with van der Waals surface area (Å²) in [6, 6.07) is 17.5. The predicted octanol–water partition coefficient (Wildman–Crippen LogP) is 6.85. The molecule has 0 amide bonds. The van der Waals surface area contributed by atoms with Crippen LogP contribution in [0.2, 0.25) is 10.0 Å². The van der Waals surface area contributed by atoms with E-state index in [-0.39, 0.29) is 17.7 Å². The molecule has 4 aromatic rings. The van der Waals surface area contributed by atoms with Crippen LogP contribution in [-0.2, 0) is 16.1 Å². The Labute approximate surface area is 270 Å². The van der Waals surface area contributed by atoms with Gasteiger partial charge in [0.2, 0.25) is 0 Å². The van der Waals surface area contributed by atoms with Gasteiger partial charge in [-0.3, -0.25) is 9.36 Å². The number of halogens is 3. The van der Waals surface area contributed by atoms with Gasteiger partial charge in [-0.1, -0.05) is 64.9 Å². The predicted molar refractivity (Wildman–Crippen MR) is 173 cm³/mol. The van der Waals surface area contributed by atoms with Crippen LogP contribution in [0.15, 0.2) is 86.2 Å². The van der Waals surface area contributed by atoms with Crippen molar-refractivity contribution in [3.05, 3.63) is 123 Å². The van der Waals surface area contributed by atoms with Crippen LogP contribution in [0.1, 0.15) is 43.5 Å². The van der Waals surface area contributed by atoms with Gasteiger partial charge in [-0.25, -0.2) is 9.79 Å². The molecule has 0 spiro atoms. The number of hydrogen-bond acceptors (Lipinski definition) is 7. The average Bonchev–Trinajstić information content (AvgIpc) is 3.26. The van der Waals surface area contributed by atoms with Gasteiger partial charge in [0.15, 0.2) is 16.3 Å². The Morgan fingerprint density at radius 3 is 2.58 bits per heavy atom. The number of rotatable bonds is 9. The topological polar surface area (TPSA) is 79.1 Å². The molecule has 7 nitrogen and oxygen atoms in total. The lowest BCUT2D eigenvalue weighted by Crippen LogP contribution is -2.40. The first-order valence-corrected chi connectivity index (χ1v) is 15.9. The number of nitrogens with zero attached hydrogens (tertiary/aromatic N) is 2. The summed E-state index contributed by atoms with van der Waals surface area (Å²) < 4.78 is 20.0. The minimum absolute atomic E-state index is 0.186. The first kappa shape index (κ1) is 31.1. The molecule has 0 aliphatic carbocycles. The van der Waals surface area contributed by atoms with Crippen LogP contribution in [0, 0.1) is 0 Å².